The first kappa shape index (κ1) is 12.6. The van der Waals surface area contributed by atoms with Crippen molar-refractivity contribution in [1.82, 2.24) is 24.9 Å². The number of rotatable bonds is 2. The number of aryl methyl sites for hydroxylation is 1. The molecule has 1 unspecified atom stereocenters. The first-order valence-corrected chi connectivity index (χ1v) is 6.82. The predicted molar refractivity (Wildman–Crippen MR) is 75.5 cm³/mol. The molecule has 0 bridgehead atoms. The van der Waals surface area contributed by atoms with E-state index < -0.39 is 0 Å². The molecule has 0 aromatic carbocycles. The molecule has 1 aliphatic rings. The molecular formula is C12H17ClN6. The van der Waals surface area contributed by atoms with Crippen molar-refractivity contribution in [3.63, 3.8) is 0 Å². The number of anilines is 1. The van der Waals surface area contributed by atoms with Gasteiger partial charge in [-0.1, -0.05) is 11.6 Å². The highest BCUT2D eigenvalue weighted by Gasteiger charge is 2.19. The maximum absolute atomic E-state index is 6.07. The summed E-state index contributed by atoms with van der Waals surface area (Å²) < 4.78 is 1.73. The van der Waals surface area contributed by atoms with Crippen molar-refractivity contribution >= 4 is 28.3 Å². The molecule has 1 N–H and O–H groups in total. The van der Waals surface area contributed by atoms with E-state index in [9.17, 15) is 0 Å². The Bertz CT molecular complexity index is 595. The van der Waals surface area contributed by atoms with Gasteiger partial charge in [0.05, 0.1) is 11.6 Å². The minimum Gasteiger partial charge on any atom is -0.364 e. The molecule has 0 amide bonds. The summed E-state index contributed by atoms with van der Waals surface area (Å²) in [5.41, 5.74) is 0.823. The molecule has 0 spiro atoms. The number of aromatic nitrogens is 4. The van der Waals surface area contributed by atoms with Crippen LogP contribution >= 0.6 is 11.6 Å². The number of nitrogens with one attached hydrogen (secondary N) is 1. The fourth-order valence-corrected chi connectivity index (χ4v) is 2.90. The summed E-state index contributed by atoms with van der Waals surface area (Å²) in [7, 11) is 4.00. The Labute approximate surface area is 116 Å². The fraction of sp³-hybridized carbons (Fsp3) is 0.583. The summed E-state index contributed by atoms with van der Waals surface area (Å²) >= 11 is 6.07. The van der Waals surface area contributed by atoms with Crippen LogP contribution in [0.2, 0.25) is 5.15 Å². The van der Waals surface area contributed by atoms with Gasteiger partial charge in [-0.3, -0.25) is 4.68 Å². The minimum atomic E-state index is 0.390. The molecule has 2 aromatic rings. The quantitative estimate of drug-likeness (QED) is 0.904. The molecule has 19 heavy (non-hydrogen) atoms. The topological polar surface area (TPSA) is 58.9 Å². The van der Waals surface area contributed by atoms with Crippen molar-refractivity contribution in [3.05, 3.63) is 11.3 Å². The van der Waals surface area contributed by atoms with E-state index in [1.54, 1.807) is 10.9 Å². The van der Waals surface area contributed by atoms with Crippen molar-refractivity contribution < 1.29 is 0 Å². The zero-order chi connectivity index (χ0) is 13.4. The first-order valence-electron chi connectivity index (χ1n) is 6.44. The fourth-order valence-electron chi connectivity index (χ4n) is 2.63. The van der Waals surface area contributed by atoms with Gasteiger partial charge in [0.15, 0.2) is 11.0 Å². The number of likely N-dealkylation sites (tertiary alicyclic amines) is 1. The lowest BCUT2D eigenvalue weighted by Gasteiger charge is -2.30. The van der Waals surface area contributed by atoms with E-state index in [1.807, 2.05) is 7.05 Å². The maximum Gasteiger partial charge on any atom is 0.177 e. The zero-order valence-electron chi connectivity index (χ0n) is 11.1. The van der Waals surface area contributed by atoms with Crippen molar-refractivity contribution in [2.45, 2.75) is 18.9 Å². The van der Waals surface area contributed by atoms with Gasteiger partial charge < -0.3 is 10.2 Å². The monoisotopic (exact) mass is 280 g/mol. The Morgan fingerprint density at radius 2 is 2.21 bits per heavy atom. The van der Waals surface area contributed by atoms with Crippen molar-refractivity contribution in [1.29, 1.82) is 0 Å². The molecule has 3 rings (SSSR count). The van der Waals surface area contributed by atoms with Gasteiger partial charge in [0.1, 0.15) is 5.52 Å². The Morgan fingerprint density at radius 3 is 3.00 bits per heavy atom. The van der Waals surface area contributed by atoms with Crippen LogP contribution in [0.3, 0.4) is 0 Å². The molecule has 3 heterocycles. The molecule has 102 valence electrons. The van der Waals surface area contributed by atoms with E-state index in [-0.39, 0.29) is 0 Å². The van der Waals surface area contributed by atoms with E-state index in [2.05, 4.69) is 32.6 Å². The second-order valence-corrected chi connectivity index (χ2v) is 5.47. The molecule has 1 saturated heterocycles. The molecule has 7 heteroatoms. The van der Waals surface area contributed by atoms with Crippen LogP contribution in [-0.4, -0.2) is 51.1 Å². The van der Waals surface area contributed by atoms with Crippen LogP contribution in [-0.2, 0) is 7.05 Å². The summed E-state index contributed by atoms with van der Waals surface area (Å²) in [6.07, 6.45) is 4.13. The van der Waals surface area contributed by atoms with Crippen LogP contribution in [0.15, 0.2) is 6.20 Å². The SMILES string of the molecule is CN1CCCC(Nc2nnc(Cl)c3c2cnn3C)C1. The van der Waals surface area contributed by atoms with Gasteiger partial charge in [0.2, 0.25) is 0 Å². The van der Waals surface area contributed by atoms with E-state index in [0.29, 0.717) is 11.2 Å². The molecule has 2 aromatic heterocycles. The van der Waals surface area contributed by atoms with Gasteiger partial charge in [0, 0.05) is 19.6 Å². The summed E-state index contributed by atoms with van der Waals surface area (Å²) in [5.74, 6) is 0.771. The molecule has 1 fully saturated rings. The van der Waals surface area contributed by atoms with Crippen LogP contribution in [0, 0.1) is 0 Å². The highest BCUT2D eigenvalue weighted by Crippen LogP contribution is 2.26. The zero-order valence-corrected chi connectivity index (χ0v) is 11.9. The number of nitrogens with zero attached hydrogens (tertiary/aromatic N) is 5. The highest BCUT2D eigenvalue weighted by molar-refractivity contribution is 6.34. The molecule has 0 radical (unpaired) electrons. The number of likely N-dealkylation sites (N-methyl/N-ethyl adjacent to an activating group) is 1. The van der Waals surface area contributed by atoms with Crippen molar-refractivity contribution in [2.24, 2.45) is 7.05 Å². The van der Waals surface area contributed by atoms with Crippen molar-refractivity contribution in [2.75, 3.05) is 25.5 Å². The number of piperidine rings is 1. The third-order valence-corrected chi connectivity index (χ3v) is 3.85. The largest absolute Gasteiger partial charge is 0.364 e. The molecule has 6 nitrogen and oxygen atoms in total. The van der Waals surface area contributed by atoms with Crippen LogP contribution < -0.4 is 5.32 Å². The second-order valence-electron chi connectivity index (χ2n) is 5.12. The lowest BCUT2D eigenvalue weighted by molar-refractivity contribution is 0.261. The standard InChI is InChI=1S/C12H17ClN6/c1-18-5-3-4-8(7-18)15-12-9-6-14-19(2)10(9)11(13)16-17-12/h6,8H,3-5,7H2,1-2H3,(H,15,17). The summed E-state index contributed by atoms with van der Waals surface area (Å²) in [6.45, 7) is 2.18. The Kier molecular flexibility index (Phi) is 3.28. The average Bonchev–Trinajstić information content (AvgIpc) is 2.76. The maximum atomic E-state index is 6.07. The van der Waals surface area contributed by atoms with E-state index in [0.717, 1.165) is 36.2 Å². The average molecular weight is 281 g/mol. The van der Waals surface area contributed by atoms with Gasteiger partial charge in [-0.25, -0.2) is 0 Å². The van der Waals surface area contributed by atoms with E-state index in [4.69, 9.17) is 11.6 Å². The lowest BCUT2D eigenvalue weighted by atomic mass is 10.1. The normalized spacial score (nSPS) is 20.9. The molecule has 0 saturated carbocycles. The van der Waals surface area contributed by atoms with Gasteiger partial charge >= 0.3 is 0 Å². The van der Waals surface area contributed by atoms with E-state index >= 15 is 0 Å². The Balaban J connectivity index is 1.91. The van der Waals surface area contributed by atoms with Crippen molar-refractivity contribution in [3.8, 4) is 0 Å². The predicted octanol–water partition coefficient (Wildman–Crippen LogP) is 1.52. The van der Waals surface area contributed by atoms with Crippen LogP contribution in [0.5, 0.6) is 0 Å². The summed E-state index contributed by atoms with van der Waals surface area (Å²) in [5, 5.41) is 17.2. The van der Waals surface area contributed by atoms with Gasteiger partial charge in [-0.15, -0.1) is 10.2 Å². The van der Waals surface area contributed by atoms with Gasteiger partial charge in [-0.2, -0.15) is 5.10 Å². The number of fused-ring (bicyclic) bond motifs is 1. The van der Waals surface area contributed by atoms with Gasteiger partial charge in [0.25, 0.3) is 0 Å². The number of hydrogen-bond donors (Lipinski definition) is 1. The Morgan fingerprint density at radius 1 is 1.37 bits per heavy atom. The summed E-state index contributed by atoms with van der Waals surface area (Å²) in [6, 6.07) is 0.401. The third-order valence-electron chi connectivity index (χ3n) is 3.59. The number of halogens is 1. The second kappa shape index (κ2) is 4.94. The summed E-state index contributed by atoms with van der Waals surface area (Å²) in [4.78, 5) is 2.32. The molecular weight excluding hydrogens is 264 g/mol. The van der Waals surface area contributed by atoms with Crippen LogP contribution in [0.1, 0.15) is 12.8 Å². The molecule has 1 atom stereocenters. The minimum absolute atomic E-state index is 0.390. The lowest BCUT2D eigenvalue weighted by Crippen LogP contribution is -2.40. The Hall–Kier alpha value is -1.40. The molecule has 1 aliphatic heterocycles. The van der Waals surface area contributed by atoms with E-state index in [1.165, 1.54) is 6.42 Å². The van der Waals surface area contributed by atoms with Crippen LogP contribution in [0.25, 0.3) is 10.9 Å². The van der Waals surface area contributed by atoms with Crippen LogP contribution in [0.4, 0.5) is 5.82 Å². The third kappa shape index (κ3) is 2.37. The number of hydrogen-bond acceptors (Lipinski definition) is 5. The van der Waals surface area contributed by atoms with Gasteiger partial charge in [-0.05, 0) is 26.4 Å². The smallest absolute Gasteiger partial charge is 0.177 e. The molecule has 0 aliphatic carbocycles. The first-order chi connectivity index (χ1) is 9.15. The highest BCUT2D eigenvalue weighted by atomic mass is 35.5.